The molecular formula is C18H22BrNO. The number of nitrogens with one attached hydrogen (secondary N) is 1. The molecule has 0 heterocycles. The summed E-state index contributed by atoms with van der Waals surface area (Å²) in [5.41, 5.74) is 2.45. The number of hydrogen-bond donors (Lipinski definition) is 1. The van der Waals surface area contributed by atoms with Crippen LogP contribution in [0.4, 0.5) is 0 Å². The molecule has 0 aliphatic heterocycles. The Morgan fingerprint density at radius 3 is 2.33 bits per heavy atom. The van der Waals surface area contributed by atoms with Crippen LogP contribution in [0.15, 0.2) is 46.9 Å². The van der Waals surface area contributed by atoms with E-state index >= 15 is 0 Å². The molecule has 21 heavy (non-hydrogen) atoms. The van der Waals surface area contributed by atoms with Gasteiger partial charge in [0.1, 0.15) is 11.5 Å². The Morgan fingerprint density at radius 1 is 1.05 bits per heavy atom. The van der Waals surface area contributed by atoms with Gasteiger partial charge in [0.25, 0.3) is 0 Å². The minimum atomic E-state index is 0.0776. The van der Waals surface area contributed by atoms with Gasteiger partial charge in [-0.3, -0.25) is 0 Å². The van der Waals surface area contributed by atoms with Crippen molar-refractivity contribution in [1.82, 2.24) is 5.32 Å². The van der Waals surface area contributed by atoms with Gasteiger partial charge in [-0.2, -0.15) is 0 Å². The Balaban J connectivity index is 2.20. The van der Waals surface area contributed by atoms with Crippen molar-refractivity contribution in [3.63, 3.8) is 0 Å². The van der Waals surface area contributed by atoms with Gasteiger partial charge >= 0.3 is 0 Å². The minimum absolute atomic E-state index is 0.0776. The second-order valence-electron chi connectivity index (χ2n) is 6.27. The van der Waals surface area contributed by atoms with Crippen LogP contribution in [0.3, 0.4) is 0 Å². The van der Waals surface area contributed by atoms with Crippen molar-refractivity contribution in [2.75, 3.05) is 0 Å². The highest BCUT2D eigenvalue weighted by Crippen LogP contribution is 2.29. The molecule has 0 amide bonds. The zero-order valence-electron chi connectivity index (χ0n) is 13.0. The van der Waals surface area contributed by atoms with E-state index in [1.54, 1.807) is 0 Å². The van der Waals surface area contributed by atoms with E-state index in [-0.39, 0.29) is 5.54 Å². The summed E-state index contributed by atoms with van der Waals surface area (Å²) in [5, 5.41) is 3.50. The Hall–Kier alpha value is -1.32. The smallest absolute Gasteiger partial charge is 0.133 e. The number of benzene rings is 2. The van der Waals surface area contributed by atoms with E-state index in [0.29, 0.717) is 0 Å². The van der Waals surface area contributed by atoms with Gasteiger partial charge in [-0.25, -0.2) is 0 Å². The quantitative estimate of drug-likeness (QED) is 0.795. The lowest BCUT2D eigenvalue weighted by Gasteiger charge is -2.21. The largest absolute Gasteiger partial charge is 0.457 e. The lowest BCUT2D eigenvalue weighted by Crippen LogP contribution is -2.35. The molecule has 0 aromatic heterocycles. The highest BCUT2D eigenvalue weighted by atomic mass is 79.9. The molecule has 0 bridgehead atoms. The zero-order chi connectivity index (χ0) is 15.5. The summed E-state index contributed by atoms with van der Waals surface area (Å²) < 4.78 is 7.06. The highest BCUT2D eigenvalue weighted by Gasteiger charge is 2.12. The van der Waals surface area contributed by atoms with Crippen LogP contribution in [0.5, 0.6) is 11.5 Å². The maximum absolute atomic E-state index is 6.04. The first kappa shape index (κ1) is 16.1. The standard InChI is InChI=1S/C18H22BrNO/c1-13-5-9-16(10-6-13)21-17-11-15(19)8-7-14(17)12-20-18(2,3)4/h5-11,20H,12H2,1-4H3. The molecule has 1 N–H and O–H groups in total. The van der Waals surface area contributed by atoms with Crippen molar-refractivity contribution < 1.29 is 4.74 Å². The summed E-state index contributed by atoms with van der Waals surface area (Å²) >= 11 is 3.51. The van der Waals surface area contributed by atoms with Crippen LogP contribution in [0.1, 0.15) is 31.9 Å². The molecule has 2 nitrogen and oxygen atoms in total. The molecule has 0 spiro atoms. The number of ether oxygens (including phenoxy) is 1. The van der Waals surface area contributed by atoms with E-state index < -0.39 is 0 Å². The molecule has 0 unspecified atom stereocenters. The number of hydrogen-bond acceptors (Lipinski definition) is 2. The fourth-order valence-electron chi connectivity index (χ4n) is 1.86. The molecular weight excluding hydrogens is 326 g/mol. The maximum Gasteiger partial charge on any atom is 0.133 e. The second-order valence-corrected chi connectivity index (χ2v) is 7.19. The third-order valence-corrected chi connectivity index (χ3v) is 3.58. The molecule has 0 saturated heterocycles. The third kappa shape index (κ3) is 5.18. The van der Waals surface area contributed by atoms with Crippen molar-refractivity contribution in [3.8, 4) is 11.5 Å². The van der Waals surface area contributed by atoms with Crippen LogP contribution in [0.25, 0.3) is 0 Å². The SMILES string of the molecule is Cc1ccc(Oc2cc(Br)ccc2CNC(C)(C)C)cc1. The third-order valence-electron chi connectivity index (χ3n) is 3.09. The van der Waals surface area contributed by atoms with Crippen LogP contribution in [0, 0.1) is 6.92 Å². The number of halogens is 1. The van der Waals surface area contributed by atoms with Crippen LogP contribution in [-0.2, 0) is 6.54 Å². The average molecular weight is 348 g/mol. The maximum atomic E-state index is 6.04. The number of rotatable bonds is 4. The van der Waals surface area contributed by atoms with Gasteiger partial charge in [-0.1, -0.05) is 39.7 Å². The van der Waals surface area contributed by atoms with Crippen LogP contribution in [-0.4, -0.2) is 5.54 Å². The summed E-state index contributed by atoms with van der Waals surface area (Å²) in [5.74, 6) is 1.74. The zero-order valence-corrected chi connectivity index (χ0v) is 14.6. The van der Waals surface area contributed by atoms with E-state index in [1.807, 2.05) is 24.3 Å². The first-order valence-corrected chi connectivity index (χ1v) is 7.91. The Kier molecular flexibility index (Phi) is 5.07. The fourth-order valence-corrected chi connectivity index (χ4v) is 2.20. The van der Waals surface area contributed by atoms with Crippen molar-refractivity contribution in [2.24, 2.45) is 0 Å². The lowest BCUT2D eigenvalue weighted by molar-refractivity contribution is 0.414. The van der Waals surface area contributed by atoms with E-state index in [0.717, 1.165) is 28.1 Å². The molecule has 2 rings (SSSR count). The van der Waals surface area contributed by atoms with E-state index in [2.05, 4.69) is 67.1 Å². The van der Waals surface area contributed by atoms with Gasteiger partial charge in [0.15, 0.2) is 0 Å². The molecule has 0 aliphatic carbocycles. The molecule has 3 heteroatoms. The normalized spacial score (nSPS) is 11.5. The van der Waals surface area contributed by atoms with Crippen molar-refractivity contribution in [2.45, 2.75) is 39.8 Å². The summed E-state index contributed by atoms with van der Waals surface area (Å²) in [6.45, 7) is 9.32. The van der Waals surface area contributed by atoms with E-state index in [1.165, 1.54) is 5.56 Å². The summed E-state index contributed by atoms with van der Waals surface area (Å²) in [4.78, 5) is 0. The van der Waals surface area contributed by atoms with Gasteiger partial charge in [-0.15, -0.1) is 0 Å². The van der Waals surface area contributed by atoms with Gasteiger partial charge in [0.05, 0.1) is 0 Å². The Morgan fingerprint density at radius 2 is 1.71 bits per heavy atom. The summed E-state index contributed by atoms with van der Waals surface area (Å²) in [6, 6.07) is 14.3. The van der Waals surface area contributed by atoms with Crippen molar-refractivity contribution in [1.29, 1.82) is 0 Å². The van der Waals surface area contributed by atoms with E-state index in [9.17, 15) is 0 Å². The molecule has 0 fully saturated rings. The average Bonchev–Trinajstić information content (AvgIpc) is 2.39. The molecule has 0 atom stereocenters. The molecule has 0 saturated carbocycles. The minimum Gasteiger partial charge on any atom is -0.457 e. The highest BCUT2D eigenvalue weighted by molar-refractivity contribution is 9.10. The van der Waals surface area contributed by atoms with Gasteiger partial charge in [0.2, 0.25) is 0 Å². The summed E-state index contributed by atoms with van der Waals surface area (Å²) in [6.07, 6.45) is 0. The lowest BCUT2D eigenvalue weighted by atomic mass is 10.1. The van der Waals surface area contributed by atoms with Gasteiger partial charge in [0, 0.05) is 22.1 Å². The van der Waals surface area contributed by atoms with Crippen molar-refractivity contribution in [3.05, 3.63) is 58.1 Å². The fraction of sp³-hybridized carbons (Fsp3) is 0.333. The first-order chi connectivity index (χ1) is 9.83. The van der Waals surface area contributed by atoms with Crippen LogP contribution >= 0.6 is 15.9 Å². The van der Waals surface area contributed by atoms with Gasteiger partial charge < -0.3 is 10.1 Å². The second kappa shape index (κ2) is 6.63. The molecule has 0 aliphatic rings. The summed E-state index contributed by atoms with van der Waals surface area (Å²) in [7, 11) is 0. The molecule has 2 aromatic rings. The number of aryl methyl sites for hydroxylation is 1. The first-order valence-electron chi connectivity index (χ1n) is 7.11. The van der Waals surface area contributed by atoms with Crippen LogP contribution < -0.4 is 10.1 Å². The topological polar surface area (TPSA) is 21.3 Å². The molecule has 2 aromatic carbocycles. The molecule has 0 radical (unpaired) electrons. The monoisotopic (exact) mass is 347 g/mol. The predicted molar refractivity (Wildman–Crippen MR) is 92.0 cm³/mol. The Bertz CT molecular complexity index is 600. The predicted octanol–water partition coefficient (Wildman–Crippen LogP) is 5.44. The Labute approximate surface area is 135 Å². The van der Waals surface area contributed by atoms with Crippen molar-refractivity contribution >= 4 is 15.9 Å². The molecule has 112 valence electrons. The van der Waals surface area contributed by atoms with E-state index in [4.69, 9.17) is 4.74 Å². The van der Waals surface area contributed by atoms with Gasteiger partial charge in [-0.05, 0) is 52.0 Å². The van der Waals surface area contributed by atoms with Crippen LogP contribution in [0.2, 0.25) is 0 Å².